The number of hydrogen-bond donors (Lipinski definition) is 1. The molecule has 0 amide bonds. The van der Waals surface area contributed by atoms with Gasteiger partial charge in [-0.2, -0.15) is 5.10 Å². The van der Waals surface area contributed by atoms with E-state index in [0.717, 1.165) is 30.4 Å². The molecule has 16 heavy (non-hydrogen) atoms. The predicted octanol–water partition coefficient (Wildman–Crippen LogP) is 1.41. The Labute approximate surface area is 95.1 Å². The van der Waals surface area contributed by atoms with Crippen molar-refractivity contribution in [3.8, 4) is 0 Å². The van der Waals surface area contributed by atoms with Gasteiger partial charge in [-0.25, -0.2) is 4.98 Å². The molecule has 0 saturated heterocycles. The summed E-state index contributed by atoms with van der Waals surface area (Å²) in [6, 6.07) is 2.02. The first kappa shape index (κ1) is 10.7. The third-order valence-electron chi connectivity index (χ3n) is 2.33. The van der Waals surface area contributed by atoms with Crippen LogP contribution >= 0.6 is 0 Å². The van der Waals surface area contributed by atoms with Gasteiger partial charge in [-0.1, -0.05) is 0 Å². The van der Waals surface area contributed by atoms with Crippen LogP contribution in [0.1, 0.15) is 18.3 Å². The van der Waals surface area contributed by atoms with Gasteiger partial charge in [0.15, 0.2) is 0 Å². The average Bonchev–Trinajstić information content (AvgIpc) is 2.76. The first-order chi connectivity index (χ1) is 7.69. The van der Waals surface area contributed by atoms with Crippen molar-refractivity contribution >= 4 is 5.95 Å². The molecule has 0 aliphatic heterocycles. The monoisotopic (exact) mass is 219 g/mol. The Balaban J connectivity index is 2.19. The molecular formula is C11H17N5. The lowest BCUT2D eigenvalue weighted by Gasteiger charge is -2.06. The highest BCUT2D eigenvalue weighted by atomic mass is 15.3. The minimum absolute atomic E-state index is 0.754. The van der Waals surface area contributed by atoms with Gasteiger partial charge in [-0.15, -0.1) is 0 Å². The molecule has 1 N–H and O–H groups in total. The lowest BCUT2D eigenvalue weighted by atomic mass is 10.4. The number of aromatic nitrogens is 4. The van der Waals surface area contributed by atoms with E-state index in [4.69, 9.17) is 0 Å². The first-order valence-electron chi connectivity index (χ1n) is 5.45. The summed E-state index contributed by atoms with van der Waals surface area (Å²) >= 11 is 0. The number of nitrogens with zero attached hydrogens (tertiary/aromatic N) is 4. The highest BCUT2D eigenvalue weighted by Gasteiger charge is 2.06. The minimum atomic E-state index is 0.754. The Morgan fingerprint density at radius 3 is 2.88 bits per heavy atom. The maximum atomic E-state index is 4.42. The zero-order valence-corrected chi connectivity index (χ0v) is 9.94. The maximum Gasteiger partial charge on any atom is 0.203 e. The molecule has 2 aromatic heterocycles. The molecule has 0 unspecified atom stereocenters. The van der Waals surface area contributed by atoms with E-state index in [1.165, 1.54) is 0 Å². The molecule has 2 heterocycles. The summed E-state index contributed by atoms with van der Waals surface area (Å²) in [5, 5.41) is 7.60. The standard InChI is InChI=1S/C11H17N5/c1-4-12-11-13-9(2)7-16(11)8-10-5-6-15(3)14-10/h5-7H,4,8H2,1-3H3,(H,12,13). The van der Waals surface area contributed by atoms with Crippen molar-refractivity contribution in [3.05, 3.63) is 29.8 Å². The molecule has 5 nitrogen and oxygen atoms in total. The second kappa shape index (κ2) is 4.38. The van der Waals surface area contributed by atoms with Crippen LogP contribution in [0.4, 0.5) is 5.95 Å². The molecule has 0 atom stereocenters. The minimum Gasteiger partial charge on any atom is -0.356 e. The molecule has 0 aromatic carbocycles. The third kappa shape index (κ3) is 2.24. The van der Waals surface area contributed by atoms with E-state index in [0.29, 0.717) is 0 Å². The van der Waals surface area contributed by atoms with E-state index in [2.05, 4.69) is 26.9 Å². The fourth-order valence-electron chi connectivity index (χ4n) is 1.69. The van der Waals surface area contributed by atoms with Gasteiger partial charge in [0.1, 0.15) is 0 Å². The molecule has 2 rings (SSSR count). The van der Waals surface area contributed by atoms with Gasteiger partial charge in [-0.3, -0.25) is 4.68 Å². The smallest absolute Gasteiger partial charge is 0.203 e. The van der Waals surface area contributed by atoms with Gasteiger partial charge in [0.25, 0.3) is 0 Å². The van der Waals surface area contributed by atoms with E-state index >= 15 is 0 Å². The Hall–Kier alpha value is -1.78. The lowest BCUT2D eigenvalue weighted by molar-refractivity contribution is 0.707. The number of hydrogen-bond acceptors (Lipinski definition) is 3. The number of rotatable bonds is 4. The SMILES string of the molecule is CCNc1nc(C)cn1Cc1ccn(C)n1. The van der Waals surface area contributed by atoms with E-state index in [9.17, 15) is 0 Å². The Bertz CT molecular complexity index is 468. The van der Waals surface area contributed by atoms with E-state index in [1.807, 2.05) is 37.1 Å². The van der Waals surface area contributed by atoms with Crippen molar-refractivity contribution in [1.29, 1.82) is 0 Å². The van der Waals surface area contributed by atoms with Gasteiger partial charge >= 0.3 is 0 Å². The molecule has 0 bridgehead atoms. The van der Waals surface area contributed by atoms with Crippen LogP contribution in [0, 0.1) is 6.92 Å². The van der Waals surface area contributed by atoms with Crippen molar-refractivity contribution in [1.82, 2.24) is 19.3 Å². The van der Waals surface area contributed by atoms with Crippen LogP contribution in [-0.2, 0) is 13.6 Å². The van der Waals surface area contributed by atoms with E-state index < -0.39 is 0 Å². The summed E-state index contributed by atoms with van der Waals surface area (Å²) < 4.78 is 3.90. The molecule has 0 spiro atoms. The predicted molar refractivity (Wildman–Crippen MR) is 63.4 cm³/mol. The summed E-state index contributed by atoms with van der Waals surface area (Å²) in [4.78, 5) is 4.42. The quantitative estimate of drug-likeness (QED) is 0.845. The van der Waals surface area contributed by atoms with Crippen molar-refractivity contribution in [2.24, 2.45) is 7.05 Å². The molecule has 86 valence electrons. The lowest BCUT2D eigenvalue weighted by Crippen LogP contribution is -2.07. The van der Waals surface area contributed by atoms with Crippen molar-refractivity contribution < 1.29 is 0 Å². The summed E-state index contributed by atoms with van der Waals surface area (Å²) in [6.07, 6.45) is 3.98. The highest BCUT2D eigenvalue weighted by Crippen LogP contribution is 2.10. The average molecular weight is 219 g/mol. The number of nitrogens with one attached hydrogen (secondary N) is 1. The van der Waals surface area contributed by atoms with Gasteiger partial charge in [0, 0.05) is 26.0 Å². The normalized spacial score (nSPS) is 10.7. The van der Waals surface area contributed by atoms with Gasteiger partial charge in [0.2, 0.25) is 5.95 Å². The Morgan fingerprint density at radius 1 is 1.44 bits per heavy atom. The third-order valence-corrected chi connectivity index (χ3v) is 2.33. The molecule has 0 aliphatic rings. The molecule has 0 aliphatic carbocycles. The summed E-state index contributed by atoms with van der Waals surface area (Å²) in [6.45, 7) is 5.69. The summed E-state index contributed by atoms with van der Waals surface area (Å²) in [5.74, 6) is 0.908. The Kier molecular flexibility index (Phi) is 2.94. The summed E-state index contributed by atoms with van der Waals surface area (Å²) in [7, 11) is 1.92. The zero-order valence-electron chi connectivity index (χ0n) is 9.94. The fourth-order valence-corrected chi connectivity index (χ4v) is 1.69. The van der Waals surface area contributed by atoms with E-state index in [1.54, 1.807) is 0 Å². The fraction of sp³-hybridized carbons (Fsp3) is 0.455. The summed E-state index contributed by atoms with van der Waals surface area (Å²) in [5.41, 5.74) is 2.06. The van der Waals surface area contributed by atoms with Crippen LogP contribution in [0.3, 0.4) is 0 Å². The molecule has 0 radical (unpaired) electrons. The van der Waals surface area contributed by atoms with Crippen LogP contribution in [0.15, 0.2) is 18.5 Å². The number of imidazole rings is 1. The molecule has 0 fully saturated rings. The number of anilines is 1. The largest absolute Gasteiger partial charge is 0.356 e. The van der Waals surface area contributed by atoms with Crippen molar-refractivity contribution in [2.45, 2.75) is 20.4 Å². The van der Waals surface area contributed by atoms with Crippen LogP contribution in [-0.4, -0.2) is 25.9 Å². The first-order valence-corrected chi connectivity index (χ1v) is 5.45. The van der Waals surface area contributed by atoms with Crippen molar-refractivity contribution in [2.75, 3.05) is 11.9 Å². The highest BCUT2D eigenvalue weighted by molar-refractivity contribution is 5.29. The van der Waals surface area contributed by atoms with Crippen molar-refractivity contribution in [3.63, 3.8) is 0 Å². The molecular weight excluding hydrogens is 202 g/mol. The van der Waals surface area contributed by atoms with Gasteiger partial charge in [0.05, 0.1) is 17.9 Å². The van der Waals surface area contributed by atoms with Gasteiger partial charge < -0.3 is 9.88 Å². The van der Waals surface area contributed by atoms with Crippen LogP contribution < -0.4 is 5.32 Å². The molecule has 5 heteroatoms. The molecule has 2 aromatic rings. The zero-order chi connectivity index (χ0) is 11.5. The maximum absolute atomic E-state index is 4.42. The topological polar surface area (TPSA) is 47.7 Å². The van der Waals surface area contributed by atoms with Crippen LogP contribution in [0.5, 0.6) is 0 Å². The van der Waals surface area contributed by atoms with Gasteiger partial charge in [-0.05, 0) is 19.9 Å². The second-order valence-corrected chi connectivity index (χ2v) is 3.84. The second-order valence-electron chi connectivity index (χ2n) is 3.84. The Morgan fingerprint density at radius 2 is 2.25 bits per heavy atom. The van der Waals surface area contributed by atoms with Crippen LogP contribution in [0.2, 0.25) is 0 Å². The van der Waals surface area contributed by atoms with Crippen LogP contribution in [0.25, 0.3) is 0 Å². The molecule has 0 saturated carbocycles. The van der Waals surface area contributed by atoms with E-state index in [-0.39, 0.29) is 0 Å². The number of aryl methyl sites for hydroxylation is 2.